The second-order valence-corrected chi connectivity index (χ2v) is 8.68. The van der Waals surface area contributed by atoms with Crippen LogP contribution in [-0.2, 0) is 22.6 Å². The largest absolute Gasteiger partial charge is 0.478 e. The van der Waals surface area contributed by atoms with Crippen LogP contribution in [-0.4, -0.2) is 87.1 Å². The molecule has 0 spiro atoms. The van der Waals surface area contributed by atoms with Gasteiger partial charge in [-0.3, -0.25) is 9.58 Å². The summed E-state index contributed by atoms with van der Waals surface area (Å²) in [4.78, 5) is 24.4. The normalized spacial score (nSPS) is 20.4. The molecule has 178 valence electrons. The minimum absolute atomic E-state index is 0.558. The van der Waals surface area contributed by atoms with Crippen LogP contribution in [0.25, 0.3) is 0 Å². The molecule has 32 heavy (non-hydrogen) atoms. The van der Waals surface area contributed by atoms with E-state index in [1.165, 1.54) is 76.8 Å². The fraction of sp³-hybridized carbons (Fsp3) is 0.696. The van der Waals surface area contributed by atoms with Gasteiger partial charge in [-0.15, -0.1) is 5.10 Å². The number of ether oxygens (including phenoxy) is 1. The van der Waals surface area contributed by atoms with Gasteiger partial charge in [0.2, 0.25) is 5.88 Å². The molecule has 0 aromatic carbocycles. The molecule has 9 nitrogen and oxygen atoms in total. The van der Waals surface area contributed by atoms with Crippen LogP contribution < -0.4 is 4.74 Å². The Balaban J connectivity index is 0.000000312. The predicted octanol–water partition coefficient (Wildman–Crippen LogP) is 2.26. The van der Waals surface area contributed by atoms with Crippen LogP contribution in [0.2, 0.25) is 0 Å². The van der Waals surface area contributed by atoms with E-state index in [1.54, 1.807) is 0 Å². The third kappa shape index (κ3) is 7.94. The molecule has 2 saturated heterocycles. The van der Waals surface area contributed by atoms with Gasteiger partial charge in [-0.2, -0.15) is 0 Å². The van der Waals surface area contributed by atoms with Crippen LogP contribution in [0.3, 0.4) is 0 Å². The van der Waals surface area contributed by atoms with Gasteiger partial charge in [0.15, 0.2) is 0 Å². The van der Waals surface area contributed by atoms with Gasteiger partial charge in [-0.25, -0.2) is 9.59 Å². The number of carboxylic acid groups (broad SMARTS) is 2. The predicted molar refractivity (Wildman–Crippen MR) is 120 cm³/mol. The number of nitrogens with zero attached hydrogens (tertiary/aromatic N) is 4. The van der Waals surface area contributed by atoms with E-state index in [0.29, 0.717) is 12.2 Å². The van der Waals surface area contributed by atoms with Gasteiger partial charge in [0.05, 0.1) is 0 Å². The molecule has 9 heteroatoms. The first-order valence-corrected chi connectivity index (χ1v) is 11.8. The van der Waals surface area contributed by atoms with Crippen molar-refractivity contribution in [3.63, 3.8) is 0 Å². The first-order valence-electron chi connectivity index (χ1n) is 11.8. The van der Waals surface area contributed by atoms with Gasteiger partial charge in [-0.05, 0) is 71.1 Å². The molecule has 0 atom stereocenters. The van der Waals surface area contributed by atoms with Gasteiger partial charge in [0, 0.05) is 43.0 Å². The highest BCUT2D eigenvalue weighted by molar-refractivity contribution is 5.89. The van der Waals surface area contributed by atoms with Crippen molar-refractivity contribution in [2.45, 2.75) is 64.0 Å². The van der Waals surface area contributed by atoms with Gasteiger partial charge < -0.3 is 19.8 Å². The number of rotatable bonds is 7. The standard InChI is InChI=1S/C19H32N4O.C4H4O4/c1-3-9-22(10-4-1)17-7-12-21(13-8-17)14-15-24-19-16-18-6-2-5-11-23(18)20-19;5-3(6)1-2-4(7)8/h16-17H,1-15H2;1-2H,(H,5,6)(H,7,8)/b;2-1-. The number of aryl methyl sites for hydroxylation is 2. The van der Waals surface area contributed by atoms with E-state index >= 15 is 0 Å². The number of hydrogen-bond acceptors (Lipinski definition) is 6. The molecule has 0 radical (unpaired) electrons. The second kappa shape index (κ2) is 12.6. The summed E-state index contributed by atoms with van der Waals surface area (Å²) in [5, 5.41) is 20.2. The minimum Gasteiger partial charge on any atom is -0.478 e. The Morgan fingerprint density at radius 3 is 2.25 bits per heavy atom. The number of aliphatic carboxylic acids is 2. The Hall–Kier alpha value is -2.39. The Kier molecular flexibility index (Phi) is 9.55. The average Bonchev–Trinajstić information content (AvgIpc) is 3.22. The molecule has 4 heterocycles. The van der Waals surface area contributed by atoms with Gasteiger partial charge >= 0.3 is 11.9 Å². The van der Waals surface area contributed by atoms with Crippen molar-refractivity contribution in [1.82, 2.24) is 19.6 Å². The lowest BCUT2D eigenvalue weighted by Crippen LogP contribution is -2.47. The van der Waals surface area contributed by atoms with Crippen molar-refractivity contribution in [3.8, 4) is 5.88 Å². The van der Waals surface area contributed by atoms with E-state index < -0.39 is 11.9 Å². The minimum atomic E-state index is -1.26. The molecule has 0 unspecified atom stereocenters. The summed E-state index contributed by atoms with van der Waals surface area (Å²) < 4.78 is 8.05. The van der Waals surface area contributed by atoms with Crippen LogP contribution in [0.1, 0.15) is 50.6 Å². The lowest BCUT2D eigenvalue weighted by molar-refractivity contribution is -0.134. The summed E-state index contributed by atoms with van der Waals surface area (Å²) >= 11 is 0. The fourth-order valence-corrected chi connectivity index (χ4v) is 4.68. The van der Waals surface area contributed by atoms with E-state index in [1.807, 2.05) is 0 Å². The Labute approximate surface area is 189 Å². The monoisotopic (exact) mass is 448 g/mol. The van der Waals surface area contributed by atoms with Crippen LogP contribution in [0.5, 0.6) is 5.88 Å². The van der Waals surface area contributed by atoms with E-state index in [4.69, 9.17) is 14.9 Å². The van der Waals surface area contributed by atoms with Crippen molar-refractivity contribution in [2.24, 2.45) is 0 Å². The van der Waals surface area contributed by atoms with E-state index in [0.717, 1.165) is 38.0 Å². The zero-order valence-electron chi connectivity index (χ0n) is 18.8. The van der Waals surface area contributed by atoms with Gasteiger partial charge in [0.25, 0.3) is 0 Å². The van der Waals surface area contributed by atoms with E-state index in [-0.39, 0.29) is 0 Å². The summed E-state index contributed by atoms with van der Waals surface area (Å²) in [6, 6.07) is 2.98. The highest BCUT2D eigenvalue weighted by Crippen LogP contribution is 2.21. The van der Waals surface area contributed by atoms with Crippen molar-refractivity contribution >= 4 is 11.9 Å². The fourth-order valence-electron chi connectivity index (χ4n) is 4.68. The second-order valence-electron chi connectivity index (χ2n) is 8.68. The molecule has 1 aromatic rings. The Morgan fingerprint density at radius 1 is 0.969 bits per heavy atom. The maximum absolute atomic E-state index is 9.55. The summed E-state index contributed by atoms with van der Waals surface area (Å²) in [6.45, 7) is 7.98. The van der Waals surface area contributed by atoms with Crippen LogP contribution in [0, 0.1) is 0 Å². The highest BCUT2D eigenvalue weighted by atomic mass is 16.5. The molecule has 4 rings (SSSR count). The summed E-state index contributed by atoms with van der Waals surface area (Å²) in [7, 11) is 0. The maximum atomic E-state index is 9.55. The summed E-state index contributed by atoms with van der Waals surface area (Å²) in [6.07, 6.45) is 11.7. The number of likely N-dealkylation sites (tertiary alicyclic amines) is 2. The molecule has 0 bridgehead atoms. The summed E-state index contributed by atoms with van der Waals surface area (Å²) in [5.41, 5.74) is 1.35. The van der Waals surface area contributed by atoms with E-state index in [2.05, 4.69) is 25.6 Å². The number of hydrogen-bond donors (Lipinski definition) is 2. The number of fused-ring (bicyclic) bond motifs is 1. The molecule has 2 N–H and O–H groups in total. The molecule has 0 aliphatic carbocycles. The zero-order chi connectivity index (χ0) is 22.8. The number of aromatic nitrogens is 2. The van der Waals surface area contributed by atoms with Crippen molar-refractivity contribution in [3.05, 3.63) is 23.9 Å². The molecule has 2 fully saturated rings. The molecule has 3 aliphatic heterocycles. The molecule has 0 amide bonds. The molecular formula is C23H36N4O5. The third-order valence-corrected chi connectivity index (χ3v) is 6.38. The lowest BCUT2D eigenvalue weighted by Gasteiger charge is -2.40. The molecule has 1 aromatic heterocycles. The van der Waals surface area contributed by atoms with Crippen LogP contribution in [0.15, 0.2) is 18.2 Å². The lowest BCUT2D eigenvalue weighted by atomic mass is 10.00. The number of carboxylic acids is 2. The van der Waals surface area contributed by atoms with Crippen molar-refractivity contribution in [1.29, 1.82) is 0 Å². The van der Waals surface area contributed by atoms with Crippen molar-refractivity contribution < 1.29 is 24.5 Å². The highest BCUT2D eigenvalue weighted by Gasteiger charge is 2.25. The van der Waals surface area contributed by atoms with Gasteiger partial charge in [0.1, 0.15) is 6.61 Å². The first kappa shape index (κ1) is 24.3. The maximum Gasteiger partial charge on any atom is 0.328 e. The quantitative estimate of drug-likeness (QED) is 0.612. The summed E-state index contributed by atoms with van der Waals surface area (Å²) in [5.74, 6) is -1.69. The first-order chi connectivity index (χ1) is 15.5. The topological polar surface area (TPSA) is 108 Å². The van der Waals surface area contributed by atoms with Crippen LogP contribution in [0.4, 0.5) is 0 Å². The van der Waals surface area contributed by atoms with Crippen LogP contribution >= 0.6 is 0 Å². The Bertz CT molecular complexity index is 725. The third-order valence-electron chi connectivity index (χ3n) is 6.38. The molecular weight excluding hydrogens is 412 g/mol. The molecule has 0 saturated carbocycles. The molecule has 3 aliphatic rings. The number of piperidine rings is 2. The number of carbonyl (C=O) groups is 2. The average molecular weight is 449 g/mol. The Morgan fingerprint density at radius 2 is 1.62 bits per heavy atom. The van der Waals surface area contributed by atoms with E-state index in [9.17, 15) is 9.59 Å². The smallest absolute Gasteiger partial charge is 0.328 e. The van der Waals surface area contributed by atoms with Gasteiger partial charge in [-0.1, -0.05) is 6.42 Å². The SMILES string of the molecule is O=C(O)/C=C\C(=O)O.c1c(OCCN2CCC(N3CCCCC3)CC2)nn2c1CCCC2. The zero-order valence-corrected chi connectivity index (χ0v) is 18.8. The van der Waals surface area contributed by atoms with Crippen molar-refractivity contribution in [2.75, 3.05) is 39.3 Å².